The molecule has 6 nitrogen and oxygen atoms in total. The van der Waals surface area contributed by atoms with Gasteiger partial charge >= 0.3 is 0 Å². The van der Waals surface area contributed by atoms with Crippen LogP contribution >= 0.6 is 0 Å². The van der Waals surface area contributed by atoms with Gasteiger partial charge in [-0.1, -0.05) is 0 Å². The van der Waals surface area contributed by atoms with Crippen LogP contribution < -0.4 is 10.5 Å². The summed E-state index contributed by atoms with van der Waals surface area (Å²) in [5.74, 6) is 0.240. The van der Waals surface area contributed by atoms with Gasteiger partial charge in [0.1, 0.15) is 11.5 Å². The molecule has 1 saturated heterocycles. The Labute approximate surface area is 111 Å². The summed E-state index contributed by atoms with van der Waals surface area (Å²) in [6.45, 7) is 1.75. The van der Waals surface area contributed by atoms with Crippen molar-refractivity contribution in [2.75, 3.05) is 33.4 Å². The van der Waals surface area contributed by atoms with Gasteiger partial charge in [0.15, 0.2) is 0 Å². The van der Waals surface area contributed by atoms with Crippen LogP contribution in [0.4, 0.5) is 0 Å². The minimum atomic E-state index is -0.238. The average Bonchev–Trinajstić information content (AvgIpc) is 2.47. The highest BCUT2D eigenvalue weighted by atomic mass is 16.5. The van der Waals surface area contributed by atoms with E-state index < -0.39 is 0 Å². The second-order valence-electron chi connectivity index (χ2n) is 4.36. The third-order valence-corrected chi connectivity index (χ3v) is 3.12. The number of nitrogens with zero attached hydrogens (tertiary/aromatic N) is 1. The molecule has 1 fully saturated rings. The smallest absolute Gasteiger partial charge is 0.257 e. The van der Waals surface area contributed by atoms with Gasteiger partial charge < -0.3 is 25.2 Å². The van der Waals surface area contributed by atoms with Crippen molar-refractivity contribution >= 4 is 5.91 Å². The molecule has 1 aromatic rings. The first-order valence-corrected chi connectivity index (χ1v) is 6.13. The molecule has 0 bridgehead atoms. The molecule has 2 rings (SSSR count). The number of rotatable bonds is 3. The number of ether oxygens (including phenoxy) is 2. The zero-order chi connectivity index (χ0) is 13.8. The SMILES string of the molecule is COc1ccc(O)c(C(=O)N2CCOC(CN)C2)c1. The fourth-order valence-corrected chi connectivity index (χ4v) is 2.03. The van der Waals surface area contributed by atoms with E-state index in [1.165, 1.54) is 19.2 Å². The van der Waals surface area contributed by atoms with Crippen molar-refractivity contribution in [1.82, 2.24) is 4.90 Å². The lowest BCUT2D eigenvalue weighted by molar-refractivity contribution is -0.0168. The summed E-state index contributed by atoms with van der Waals surface area (Å²) in [7, 11) is 1.51. The van der Waals surface area contributed by atoms with Gasteiger partial charge in [-0.2, -0.15) is 0 Å². The molecule has 1 aliphatic heterocycles. The molecule has 1 amide bonds. The van der Waals surface area contributed by atoms with E-state index in [-0.39, 0.29) is 23.3 Å². The number of hydrogen-bond acceptors (Lipinski definition) is 5. The Morgan fingerprint density at radius 2 is 2.42 bits per heavy atom. The van der Waals surface area contributed by atoms with Crippen molar-refractivity contribution < 1.29 is 19.4 Å². The van der Waals surface area contributed by atoms with E-state index in [0.29, 0.717) is 32.0 Å². The van der Waals surface area contributed by atoms with Crippen molar-refractivity contribution in [1.29, 1.82) is 0 Å². The zero-order valence-electron chi connectivity index (χ0n) is 10.8. The number of carbonyl (C=O) groups is 1. The molecule has 1 aromatic carbocycles. The maximum Gasteiger partial charge on any atom is 0.257 e. The van der Waals surface area contributed by atoms with Gasteiger partial charge in [-0.05, 0) is 18.2 Å². The predicted octanol–water partition coefficient (Wildman–Crippen LogP) is 0.201. The van der Waals surface area contributed by atoms with Crippen LogP contribution in [-0.4, -0.2) is 55.4 Å². The van der Waals surface area contributed by atoms with E-state index in [1.54, 1.807) is 11.0 Å². The number of amides is 1. The lowest BCUT2D eigenvalue weighted by Gasteiger charge is -2.32. The van der Waals surface area contributed by atoms with Crippen LogP contribution in [0.2, 0.25) is 0 Å². The third kappa shape index (κ3) is 2.97. The standard InChI is InChI=1S/C13H18N2O4/c1-18-9-2-3-12(16)11(6-9)13(17)15-4-5-19-10(7-14)8-15/h2-3,6,10,16H,4-5,7-8,14H2,1H3. The van der Waals surface area contributed by atoms with Crippen LogP contribution in [0.3, 0.4) is 0 Å². The quantitative estimate of drug-likeness (QED) is 0.816. The molecule has 0 radical (unpaired) electrons. The number of phenols is 1. The Balaban J connectivity index is 2.18. The Morgan fingerprint density at radius 1 is 1.63 bits per heavy atom. The highest BCUT2D eigenvalue weighted by molar-refractivity contribution is 5.97. The first kappa shape index (κ1) is 13.6. The molecule has 1 heterocycles. The number of benzene rings is 1. The van der Waals surface area contributed by atoms with E-state index in [2.05, 4.69) is 0 Å². The minimum Gasteiger partial charge on any atom is -0.507 e. The summed E-state index contributed by atoms with van der Waals surface area (Å²) in [6.07, 6.45) is -0.148. The molecule has 3 N–H and O–H groups in total. The molecule has 1 unspecified atom stereocenters. The number of phenolic OH excluding ortho intramolecular Hbond substituents is 1. The number of methoxy groups -OCH3 is 1. The Kier molecular flexibility index (Phi) is 4.24. The number of nitrogens with two attached hydrogens (primary N) is 1. The average molecular weight is 266 g/mol. The maximum atomic E-state index is 12.4. The van der Waals surface area contributed by atoms with E-state index in [4.69, 9.17) is 15.2 Å². The van der Waals surface area contributed by atoms with Crippen LogP contribution in [-0.2, 0) is 4.74 Å². The van der Waals surface area contributed by atoms with Gasteiger partial charge in [0.2, 0.25) is 0 Å². The van der Waals surface area contributed by atoms with Gasteiger partial charge in [0.05, 0.1) is 25.4 Å². The first-order chi connectivity index (χ1) is 9.15. The van der Waals surface area contributed by atoms with E-state index in [1.807, 2.05) is 0 Å². The van der Waals surface area contributed by atoms with Crippen LogP contribution in [0.1, 0.15) is 10.4 Å². The zero-order valence-corrected chi connectivity index (χ0v) is 10.8. The summed E-state index contributed by atoms with van der Waals surface area (Å²) in [5.41, 5.74) is 5.78. The summed E-state index contributed by atoms with van der Waals surface area (Å²) in [5, 5.41) is 9.80. The minimum absolute atomic E-state index is 0.0541. The molecular weight excluding hydrogens is 248 g/mol. The molecule has 0 saturated carbocycles. The monoisotopic (exact) mass is 266 g/mol. The first-order valence-electron chi connectivity index (χ1n) is 6.13. The van der Waals surface area contributed by atoms with E-state index >= 15 is 0 Å². The summed E-state index contributed by atoms with van der Waals surface area (Å²) in [6, 6.07) is 4.59. The molecule has 6 heteroatoms. The van der Waals surface area contributed by atoms with Crippen molar-refractivity contribution in [2.24, 2.45) is 5.73 Å². The highest BCUT2D eigenvalue weighted by Gasteiger charge is 2.26. The van der Waals surface area contributed by atoms with Crippen LogP contribution in [0, 0.1) is 0 Å². The normalized spacial score (nSPS) is 19.3. The second-order valence-corrected chi connectivity index (χ2v) is 4.36. The van der Waals surface area contributed by atoms with Crippen LogP contribution in [0.5, 0.6) is 11.5 Å². The number of aromatic hydroxyl groups is 1. The van der Waals surface area contributed by atoms with Gasteiger partial charge in [-0.3, -0.25) is 4.79 Å². The lowest BCUT2D eigenvalue weighted by atomic mass is 10.1. The fourth-order valence-electron chi connectivity index (χ4n) is 2.03. The van der Waals surface area contributed by atoms with Gasteiger partial charge in [0, 0.05) is 19.6 Å². The van der Waals surface area contributed by atoms with Crippen molar-refractivity contribution in [2.45, 2.75) is 6.10 Å². The van der Waals surface area contributed by atoms with Crippen molar-refractivity contribution in [3.8, 4) is 11.5 Å². The molecule has 0 spiro atoms. The fraction of sp³-hybridized carbons (Fsp3) is 0.462. The largest absolute Gasteiger partial charge is 0.507 e. The molecular formula is C13H18N2O4. The molecule has 104 valence electrons. The Hall–Kier alpha value is -1.79. The lowest BCUT2D eigenvalue weighted by Crippen LogP contribution is -2.48. The van der Waals surface area contributed by atoms with Gasteiger partial charge in [-0.25, -0.2) is 0 Å². The third-order valence-electron chi connectivity index (χ3n) is 3.12. The number of morpholine rings is 1. The van der Waals surface area contributed by atoms with Crippen LogP contribution in [0.15, 0.2) is 18.2 Å². The van der Waals surface area contributed by atoms with Crippen molar-refractivity contribution in [3.63, 3.8) is 0 Å². The van der Waals surface area contributed by atoms with E-state index in [9.17, 15) is 9.90 Å². The van der Waals surface area contributed by atoms with Crippen LogP contribution in [0.25, 0.3) is 0 Å². The van der Waals surface area contributed by atoms with Crippen molar-refractivity contribution in [3.05, 3.63) is 23.8 Å². The maximum absolute atomic E-state index is 12.4. The predicted molar refractivity (Wildman–Crippen MR) is 69.4 cm³/mol. The second kappa shape index (κ2) is 5.90. The molecule has 0 aromatic heterocycles. The molecule has 1 atom stereocenters. The molecule has 1 aliphatic rings. The Bertz CT molecular complexity index is 464. The van der Waals surface area contributed by atoms with Gasteiger partial charge in [0.25, 0.3) is 5.91 Å². The number of hydrogen-bond donors (Lipinski definition) is 2. The highest BCUT2D eigenvalue weighted by Crippen LogP contribution is 2.24. The molecule has 19 heavy (non-hydrogen) atoms. The number of carbonyl (C=O) groups excluding carboxylic acids is 1. The Morgan fingerprint density at radius 3 is 3.11 bits per heavy atom. The summed E-state index contributed by atoms with van der Waals surface area (Å²) in [4.78, 5) is 14.0. The van der Waals surface area contributed by atoms with Gasteiger partial charge in [-0.15, -0.1) is 0 Å². The topological polar surface area (TPSA) is 85.0 Å². The summed E-state index contributed by atoms with van der Waals surface area (Å²) < 4.78 is 10.5. The molecule has 0 aliphatic carbocycles. The van der Waals surface area contributed by atoms with E-state index in [0.717, 1.165) is 0 Å². The summed E-state index contributed by atoms with van der Waals surface area (Å²) >= 11 is 0.